The Morgan fingerprint density at radius 2 is 1.83 bits per heavy atom. The minimum atomic E-state index is -3.70. The fourth-order valence-corrected chi connectivity index (χ4v) is 7.31. The van der Waals surface area contributed by atoms with E-state index in [1.54, 1.807) is 30.6 Å². The number of hydrogen-bond acceptors (Lipinski definition) is 6. The maximum atomic E-state index is 13.3. The van der Waals surface area contributed by atoms with Gasteiger partial charge < -0.3 is 15.2 Å². The predicted octanol–water partition coefficient (Wildman–Crippen LogP) is 3.92. The summed E-state index contributed by atoms with van der Waals surface area (Å²) in [6, 6.07) is 10.9. The number of piperidine rings is 1. The van der Waals surface area contributed by atoms with E-state index in [-0.39, 0.29) is 31.4 Å². The number of fused-ring (bicyclic) bond motifs is 1. The Bertz CT molecular complexity index is 1610. The van der Waals surface area contributed by atoms with Gasteiger partial charge in [-0.2, -0.15) is 4.31 Å². The molecule has 2 N–H and O–H groups in total. The van der Waals surface area contributed by atoms with E-state index < -0.39 is 15.6 Å². The molecule has 0 atom stereocenters. The molecule has 0 bridgehead atoms. The molecule has 2 amide bonds. The van der Waals surface area contributed by atoms with E-state index in [0.717, 1.165) is 48.0 Å². The number of aromatic nitrogens is 2. The Morgan fingerprint density at radius 1 is 1.07 bits per heavy atom. The fraction of sp³-hybridized carbons (Fsp3) is 0.400. The summed E-state index contributed by atoms with van der Waals surface area (Å²) in [6.45, 7) is 0.606. The summed E-state index contributed by atoms with van der Waals surface area (Å²) in [5, 5.41) is 7.96. The summed E-state index contributed by atoms with van der Waals surface area (Å²) in [5.41, 5.74) is 1.39. The van der Waals surface area contributed by atoms with E-state index in [0.29, 0.717) is 24.4 Å². The molecule has 0 radical (unpaired) electrons. The van der Waals surface area contributed by atoms with Crippen molar-refractivity contribution in [2.24, 2.45) is 10.9 Å². The van der Waals surface area contributed by atoms with Crippen molar-refractivity contribution in [3.8, 4) is 0 Å². The molecule has 214 valence electrons. The molecule has 10 nitrogen and oxygen atoms in total. The van der Waals surface area contributed by atoms with Crippen LogP contribution in [0.4, 0.5) is 5.69 Å². The van der Waals surface area contributed by atoms with Crippen molar-refractivity contribution in [2.75, 3.05) is 18.4 Å². The lowest BCUT2D eigenvalue weighted by molar-refractivity contribution is -0.125. The molecule has 4 heterocycles. The molecule has 2 fully saturated rings. The third-order valence-electron chi connectivity index (χ3n) is 8.45. The third kappa shape index (κ3) is 5.69. The number of amides is 2. The maximum Gasteiger partial charge on any atom is 0.253 e. The molecule has 1 saturated heterocycles. The molecule has 3 aromatic rings. The summed E-state index contributed by atoms with van der Waals surface area (Å²) < 4.78 is 29.8. The van der Waals surface area contributed by atoms with Crippen LogP contribution >= 0.6 is 0 Å². The van der Waals surface area contributed by atoms with Gasteiger partial charge in [0.15, 0.2) is 0 Å². The second-order valence-electron chi connectivity index (χ2n) is 11.1. The van der Waals surface area contributed by atoms with Gasteiger partial charge in [-0.25, -0.2) is 8.42 Å². The number of nitrogens with one attached hydrogen (secondary N) is 2. The van der Waals surface area contributed by atoms with Crippen LogP contribution in [0.1, 0.15) is 50.5 Å². The number of anilines is 1. The van der Waals surface area contributed by atoms with Crippen LogP contribution in [0.3, 0.4) is 0 Å². The van der Waals surface area contributed by atoms with Gasteiger partial charge >= 0.3 is 0 Å². The zero-order chi connectivity index (χ0) is 28.5. The van der Waals surface area contributed by atoms with Gasteiger partial charge in [0.1, 0.15) is 17.9 Å². The summed E-state index contributed by atoms with van der Waals surface area (Å²) in [4.78, 5) is 34.3. The van der Waals surface area contributed by atoms with E-state index in [4.69, 9.17) is 4.99 Å². The van der Waals surface area contributed by atoms with Gasteiger partial charge in [0.25, 0.3) is 5.91 Å². The minimum Gasteiger partial charge on any atom is -0.338 e. The molecule has 1 saturated carbocycles. The van der Waals surface area contributed by atoms with Gasteiger partial charge in [0.05, 0.1) is 0 Å². The summed E-state index contributed by atoms with van der Waals surface area (Å²) in [7, 11) is -3.70. The molecular weight excluding hydrogens is 540 g/mol. The lowest BCUT2D eigenvalue weighted by Gasteiger charge is -2.34. The van der Waals surface area contributed by atoms with Crippen molar-refractivity contribution in [1.82, 2.24) is 19.2 Å². The van der Waals surface area contributed by atoms with Crippen LogP contribution in [0.2, 0.25) is 0 Å². The van der Waals surface area contributed by atoms with E-state index >= 15 is 0 Å². The number of carbonyl (C=O) groups excluding carboxylic acids is 2. The number of carbonyl (C=O) groups is 2. The highest BCUT2D eigenvalue weighted by atomic mass is 32.2. The molecule has 41 heavy (non-hydrogen) atoms. The van der Waals surface area contributed by atoms with E-state index in [9.17, 15) is 18.0 Å². The Balaban J connectivity index is 1.12. The number of hydrogen-bond donors (Lipinski definition) is 2. The first-order valence-electron chi connectivity index (χ1n) is 14.2. The largest absolute Gasteiger partial charge is 0.338 e. The van der Waals surface area contributed by atoms with Gasteiger partial charge in [-0.15, -0.1) is 0 Å². The van der Waals surface area contributed by atoms with Crippen molar-refractivity contribution >= 4 is 50.3 Å². The highest BCUT2D eigenvalue weighted by Gasteiger charge is 2.48. The Hall–Kier alpha value is -3.83. The van der Waals surface area contributed by atoms with Gasteiger partial charge in [-0.3, -0.25) is 19.6 Å². The molecule has 0 unspecified atom stereocenters. The first-order chi connectivity index (χ1) is 19.8. The fourth-order valence-electron chi connectivity index (χ4n) is 6.13. The van der Waals surface area contributed by atoms with E-state index in [2.05, 4.69) is 15.6 Å². The second-order valence-corrected chi connectivity index (χ2v) is 12.9. The average molecular weight is 575 g/mol. The van der Waals surface area contributed by atoms with Crippen molar-refractivity contribution in [3.05, 3.63) is 66.0 Å². The van der Waals surface area contributed by atoms with Crippen molar-refractivity contribution in [2.45, 2.75) is 57.0 Å². The molecule has 1 aromatic carbocycles. The Kier molecular flexibility index (Phi) is 7.48. The van der Waals surface area contributed by atoms with E-state index in [1.165, 1.54) is 16.1 Å². The van der Waals surface area contributed by atoms with Crippen LogP contribution in [0.15, 0.2) is 65.4 Å². The SMILES string of the molecule is O=C(Cn1ccc2c(/C=C/S(=O)(=O)N3CCC4(CC3)N=C(C3CCCCC3)NC4=O)cccc21)Nc1ccncc1. The standard InChI is InChI=1S/C30H34N6O4S/c37-27(32-24-9-15-31-16-10-24)21-35-17-11-25-22(7-4-8-26(25)35)12-20-41(39,40)36-18-13-30(14-19-36)29(38)33-28(34-30)23-5-2-1-3-6-23/h4,7-12,15-17,20,23H,1-3,5-6,13-14,18-19,21H2,(H,31,32,37)(H,33,34,38)/b20-12+. The quantitative estimate of drug-likeness (QED) is 0.443. The Labute approximate surface area is 239 Å². The molecule has 1 spiro atoms. The molecule has 2 aromatic heterocycles. The number of nitrogens with zero attached hydrogens (tertiary/aromatic N) is 4. The van der Waals surface area contributed by atoms with Crippen LogP contribution in [0, 0.1) is 5.92 Å². The topological polar surface area (TPSA) is 126 Å². The minimum absolute atomic E-state index is 0.0867. The molecule has 2 aliphatic heterocycles. The Morgan fingerprint density at radius 3 is 2.59 bits per heavy atom. The number of sulfonamides is 1. The highest BCUT2D eigenvalue weighted by molar-refractivity contribution is 7.92. The average Bonchev–Trinajstić information content (AvgIpc) is 3.54. The maximum absolute atomic E-state index is 13.3. The zero-order valence-electron chi connectivity index (χ0n) is 22.8. The van der Waals surface area contributed by atoms with Crippen LogP contribution in [-0.4, -0.2) is 58.6 Å². The number of amidine groups is 1. The highest BCUT2D eigenvalue weighted by Crippen LogP contribution is 2.35. The van der Waals surface area contributed by atoms with Gasteiger partial charge in [0, 0.05) is 59.6 Å². The van der Waals surface area contributed by atoms with Crippen LogP contribution in [0.25, 0.3) is 17.0 Å². The molecular formula is C30H34N6O4S. The zero-order valence-corrected chi connectivity index (χ0v) is 23.6. The number of benzene rings is 1. The van der Waals surface area contributed by atoms with Crippen LogP contribution < -0.4 is 10.6 Å². The number of pyridine rings is 1. The normalized spacial score (nSPS) is 20.0. The first kappa shape index (κ1) is 27.3. The smallest absolute Gasteiger partial charge is 0.253 e. The van der Waals surface area contributed by atoms with Gasteiger partial charge in [0.2, 0.25) is 15.9 Å². The molecule has 6 rings (SSSR count). The summed E-state index contributed by atoms with van der Waals surface area (Å²) in [5.74, 6) is 0.855. The third-order valence-corrected chi connectivity index (χ3v) is 10.0. The van der Waals surface area contributed by atoms with Gasteiger partial charge in [-0.05, 0) is 61.6 Å². The van der Waals surface area contributed by atoms with Crippen molar-refractivity contribution in [3.63, 3.8) is 0 Å². The van der Waals surface area contributed by atoms with Crippen molar-refractivity contribution < 1.29 is 18.0 Å². The number of aliphatic imine (C=N–C) groups is 1. The predicted molar refractivity (Wildman–Crippen MR) is 158 cm³/mol. The molecule has 11 heteroatoms. The molecule has 1 aliphatic carbocycles. The lowest BCUT2D eigenvalue weighted by atomic mass is 9.88. The lowest BCUT2D eigenvalue weighted by Crippen LogP contribution is -2.50. The summed E-state index contributed by atoms with van der Waals surface area (Å²) >= 11 is 0. The summed E-state index contributed by atoms with van der Waals surface area (Å²) in [6.07, 6.45) is 13.1. The monoisotopic (exact) mass is 574 g/mol. The van der Waals surface area contributed by atoms with Crippen LogP contribution in [0.5, 0.6) is 0 Å². The first-order valence-corrected chi connectivity index (χ1v) is 15.7. The molecule has 3 aliphatic rings. The second kappa shape index (κ2) is 11.2. The van der Waals surface area contributed by atoms with Gasteiger partial charge in [-0.1, -0.05) is 31.4 Å². The van der Waals surface area contributed by atoms with Crippen LogP contribution in [-0.2, 0) is 26.2 Å². The van der Waals surface area contributed by atoms with E-state index in [1.807, 2.05) is 35.0 Å². The van der Waals surface area contributed by atoms with Crippen molar-refractivity contribution in [1.29, 1.82) is 0 Å². The number of rotatable bonds is 7.